The first-order chi connectivity index (χ1) is 15.5. The Morgan fingerprint density at radius 1 is 1.28 bits per heavy atom. The van der Waals surface area contributed by atoms with Crippen LogP contribution in [0.25, 0.3) is 16.6 Å². The molecule has 1 aliphatic rings. The molecule has 4 heterocycles. The van der Waals surface area contributed by atoms with Crippen molar-refractivity contribution in [2.75, 3.05) is 30.4 Å². The van der Waals surface area contributed by atoms with Crippen LogP contribution < -0.4 is 15.5 Å². The lowest BCUT2D eigenvalue weighted by molar-refractivity contribution is 0.102. The van der Waals surface area contributed by atoms with Gasteiger partial charge < -0.3 is 19.9 Å². The van der Waals surface area contributed by atoms with Gasteiger partial charge in [-0.1, -0.05) is 11.6 Å². The van der Waals surface area contributed by atoms with Gasteiger partial charge in [0.25, 0.3) is 5.91 Å². The number of halogens is 1. The predicted molar refractivity (Wildman–Crippen MR) is 128 cm³/mol. The van der Waals surface area contributed by atoms with Gasteiger partial charge in [0.1, 0.15) is 5.52 Å². The van der Waals surface area contributed by atoms with E-state index in [2.05, 4.69) is 20.5 Å². The number of nitrogens with zero attached hydrogens (tertiary/aromatic N) is 5. The fourth-order valence-corrected chi connectivity index (χ4v) is 4.68. The second kappa shape index (κ2) is 8.11. The first-order valence-electron chi connectivity index (χ1n) is 10.9. The molecular weight excluding hydrogens is 426 g/mol. The van der Waals surface area contributed by atoms with E-state index in [-0.39, 0.29) is 5.91 Å². The van der Waals surface area contributed by atoms with E-state index >= 15 is 0 Å². The number of hydrogen-bond acceptors (Lipinski definition) is 5. The lowest BCUT2D eigenvalue weighted by atomic mass is 10.1. The molecule has 1 atom stereocenters. The number of aromatic nitrogens is 4. The van der Waals surface area contributed by atoms with Crippen LogP contribution in [-0.4, -0.2) is 51.3 Å². The Balaban J connectivity index is 1.50. The summed E-state index contributed by atoms with van der Waals surface area (Å²) < 4.78 is 3.71. The molecule has 0 bridgehead atoms. The highest BCUT2D eigenvalue weighted by molar-refractivity contribution is 6.33. The average molecular weight is 452 g/mol. The lowest BCUT2D eigenvalue weighted by Crippen LogP contribution is -2.29. The quantitative estimate of drug-likeness (QED) is 0.483. The highest BCUT2D eigenvalue weighted by Crippen LogP contribution is 2.32. The minimum Gasteiger partial charge on any atom is -0.369 e. The maximum absolute atomic E-state index is 13.3. The summed E-state index contributed by atoms with van der Waals surface area (Å²) in [6.07, 6.45) is 6.82. The van der Waals surface area contributed by atoms with E-state index in [0.29, 0.717) is 33.5 Å². The Bertz CT molecular complexity index is 1330. The van der Waals surface area contributed by atoms with Gasteiger partial charge in [-0.2, -0.15) is 5.10 Å². The van der Waals surface area contributed by atoms with Crippen LogP contribution in [0.3, 0.4) is 0 Å². The van der Waals surface area contributed by atoms with Gasteiger partial charge in [0.15, 0.2) is 5.65 Å². The van der Waals surface area contributed by atoms with Gasteiger partial charge in [-0.05, 0) is 45.5 Å². The van der Waals surface area contributed by atoms with Crippen LogP contribution in [0.15, 0.2) is 36.8 Å². The first kappa shape index (κ1) is 20.8. The normalized spacial score (nSPS) is 16.4. The molecule has 32 heavy (non-hydrogen) atoms. The third-order valence-corrected chi connectivity index (χ3v) is 6.37. The summed E-state index contributed by atoms with van der Waals surface area (Å²) in [6.45, 7) is 6.61. The summed E-state index contributed by atoms with van der Waals surface area (Å²) in [4.78, 5) is 20.0. The number of fused-ring (bicyclic) bond motifs is 2. The Morgan fingerprint density at radius 2 is 2.12 bits per heavy atom. The number of likely N-dealkylation sites (N-methyl/N-ethyl adjacent to an activating group) is 1. The molecule has 0 unspecified atom stereocenters. The van der Waals surface area contributed by atoms with Crippen LogP contribution in [0, 0.1) is 6.92 Å². The van der Waals surface area contributed by atoms with Gasteiger partial charge in [-0.15, -0.1) is 0 Å². The van der Waals surface area contributed by atoms with Gasteiger partial charge in [-0.25, -0.2) is 4.98 Å². The third-order valence-electron chi connectivity index (χ3n) is 6.09. The van der Waals surface area contributed by atoms with Crippen LogP contribution >= 0.6 is 11.6 Å². The van der Waals surface area contributed by atoms with E-state index < -0.39 is 0 Å². The largest absolute Gasteiger partial charge is 0.369 e. The summed E-state index contributed by atoms with van der Waals surface area (Å²) >= 11 is 6.38. The Kier molecular flexibility index (Phi) is 5.27. The molecule has 2 N–H and O–H groups in total. The molecule has 1 aromatic carbocycles. The van der Waals surface area contributed by atoms with Crippen LogP contribution in [0.1, 0.15) is 29.4 Å². The van der Waals surface area contributed by atoms with E-state index in [0.717, 1.165) is 42.8 Å². The number of aryl methyl sites for hydroxylation is 2. The summed E-state index contributed by atoms with van der Waals surface area (Å²) in [6, 6.07) is 6.10. The second-order valence-electron chi connectivity index (χ2n) is 8.24. The van der Waals surface area contributed by atoms with Gasteiger partial charge in [-0.3, -0.25) is 9.48 Å². The van der Waals surface area contributed by atoms with Crippen LogP contribution in [0.5, 0.6) is 0 Å². The lowest BCUT2D eigenvalue weighted by Gasteiger charge is -2.20. The molecule has 1 amide bonds. The fraction of sp³-hybridized carbons (Fsp3) is 0.348. The van der Waals surface area contributed by atoms with Crippen molar-refractivity contribution in [3.63, 3.8) is 0 Å². The smallest absolute Gasteiger partial charge is 0.257 e. The van der Waals surface area contributed by atoms with Crippen molar-refractivity contribution in [3.05, 3.63) is 53.1 Å². The number of anilines is 2. The molecule has 8 nitrogen and oxygen atoms in total. The van der Waals surface area contributed by atoms with Crippen LogP contribution in [0.4, 0.5) is 11.4 Å². The van der Waals surface area contributed by atoms with Gasteiger partial charge in [0.2, 0.25) is 0 Å². The molecule has 0 radical (unpaired) electrons. The van der Waals surface area contributed by atoms with E-state index in [1.165, 1.54) is 0 Å². The number of rotatable bonds is 5. The number of imidazole rings is 1. The Labute approximate surface area is 191 Å². The maximum atomic E-state index is 13.3. The molecule has 4 aromatic rings. The zero-order chi connectivity index (χ0) is 22.4. The molecule has 9 heteroatoms. The van der Waals surface area contributed by atoms with E-state index in [1.54, 1.807) is 6.07 Å². The summed E-state index contributed by atoms with van der Waals surface area (Å²) in [7, 11) is 2.00. The van der Waals surface area contributed by atoms with Gasteiger partial charge in [0.05, 0.1) is 22.0 Å². The van der Waals surface area contributed by atoms with Crippen LogP contribution in [-0.2, 0) is 6.54 Å². The molecule has 0 saturated carbocycles. The fourth-order valence-electron chi connectivity index (χ4n) is 4.42. The van der Waals surface area contributed by atoms with Crippen molar-refractivity contribution < 1.29 is 4.79 Å². The van der Waals surface area contributed by atoms with Gasteiger partial charge >= 0.3 is 0 Å². The summed E-state index contributed by atoms with van der Waals surface area (Å²) in [5.41, 5.74) is 4.50. The molecule has 166 valence electrons. The average Bonchev–Trinajstić information content (AvgIpc) is 3.50. The molecule has 0 aliphatic carbocycles. The topological polar surface area (TPSA) is 79.5 Å². The van der Waals surface area contributed by atoms with Gasteiger partial charge in [0, 0.05) is 55.3 Å². The zero-order valence-corrected chi connectivity index (χ0v) is 19.1. The molecule has 3 aromatic heterocycles. The maximum Gasteiger partial charge on any atom is 0.257 e. The van der Waals surface area contributed by atoms with E-state index in [4.69, 9.17) is 16.7 Å². The van der Waals surface area contributed by atoms with Crippen molar-refractivity contribution in [3.8, 4) is 0 Å². The Morgan fingerprint density at radius 3 is 2.88 bits per heavy atom. The molecule has 1 aliphatic heterocycles. The van der Waals surface area contributed by atoms with E-state index in [1.807, 2.05) is 60.7 Å². The Hall–Kier alpha value is -3.10. The molecular formula is C23H26ClN7O. The number of carbonyl (C=O) groups excluding carboxylic acids is 1. The number of nitrogens with one attached hydrogen (secondary N) is 2. The van der Waals surface area contributed by atoms with Crippen molar-refractivity contribution >= 4 is 45.4 Å². The number of benzene rings is 1. The minimum atomic E-state index is -0.218. The van der Waals surface area contributed by atoms with E-state index in [9.17, 15) is 4.79 Å². The molecule has 1 fully saturated rings. The van der Waals surface area contributed by atoms with Crippen molar-refractivity contribution in [1.82, 2.24) is 24.5 Å². The third kappa shape index (κ3) is 3.59. The number of carbonyl (C=O) groups is 1. The van der Waals surface area contributed by atoms with Crippen molar-refractivity contribution in [2.45, 2.75) is 32.9 Å². The molecule has 0 spiro atoms. The number of pyridine rings is 1. The summed E-state index contributed by atoms with van der Waals surface area (Å²) in [5.74, 6) is -0.218. The monoisotopic (exact) mass is 451 g/mol. The second-order valence-corrected chi connectivity index (χ2v) is 8.65. The predicted octanol–water partition coefficient (Wildman–Crippen LogP) is 3.72. The number of amides is 1. The molecule has 5 rings (SSSR count). The standard InChI is InChI=1S/C23H26ClN7O/c1-4-31-13-18-20(29-8-7-15(11-29)25-3)6-5-17(21(18)28-31)23(32)27-16-9-19(24)22-26-14(2)10-30(22)12-16/h5-6,9-10,12-13,15,25H,4,7-8,11H2,1-3H3,(H,27,32)/t15-/m0/s1. The zero-order valence-electron chi connectivity index (χ0n) is 18.4. The summed E-state index contributed by atoms with van der Waals surface area (Å²) in [5, 5.41) is 12.5. The highest BCUT2D eigenvalue weighted by atomic mass is 35.5. The number of hydrogen-bond donors (Lipinski definition) is 2. The minimum absolute atomic E-state index is 0.218. The SMILES string of the molecule is CCn1cc2c(N3CC[C@H](NC)C3)ccc(C(=O)Nc3cc(Cl)c4nc(C)cn4c3)c2n1. The van der Waals surface area contributed by atoms with Crippen LogP contribution in [0.2, 0.25) is 5.02 Å². The highest BCUT2D eigenvalue weighted by Gasteiger charge is 2.25. The van der Waals surface area contributed by atoms with Crippen molar-refractivity contribution in [2.24, 2.45) is 0 Å². The van der Waals surface area contributed by atoms with Crippen molar-refractivity contribution in [1.29, 1.82) is 0 Å². The molecule has 1 saturated heterocycles. The first-order valence-corrected chi connectivity index (χ1v) is 11.2.